The molecule has 0 radical (unpaired) electrons. The van der Waals surface area contributed by atoms with Crippen molar-refractivity contribution in [3.8, 4) is 11.1 Å². The molecule has 0 saturated carbocycles. The van der Waals surface area contributed by atoms with E-state index in [1.54, 1.807) is 0 Å². The van der Waals surface area contributed by atoms with Crippen LogP contribution in [0.2, 0.25) is 0 Å². The van der Waals surface area contributed by atoms with Gasteiger partial charge in [-0.2, -0.15) is 0 Å². The highest BCUT2D eigenvalue weighted by molar-refractivity contribution is 5.98. The van der Waals surface area contributed by atoms with Gasteiger partial charge in [0.15, 0.2) is 0 Å². The smallest absolute Gasteiger partial charge is 0.0527 e. The lowest BCUT2D eigenvalue weighted by Gasteiger charge is -2.46. The summed E-state index contributed by atoms with van der Waals surface area (Å²) in [5.41, 5.74) is 26.7. The van der Waals surface area contributed by atoms with Crippen molar-refractivity contribution in [3.63, 3.8) is 0 Å². The third-order valence-corrected chi connectivity index (χ3v) is 16.3. The van der Waals surface area contributed by atoms with Gasteiger partial charge in [0.25, 0.3) is 0 Å². The predicted molar refractivity (Wildman–Crippen MR) is 264 cm³/mol. The highest BCUT2D eigenvalue weighted by Gasteiger charge is 2.49. The number of aryl methyl sites for hydroxylation is 2. The van der Waals surface area contributed by atoms with E-state index in [1.165, 1.54) is 106 Å². The third kappa shape index (κ3) is 5.47. The Hall–Kier alpha value is -5.08. The summed E-state index contributed by atoms with van der Waals surface area (Å²) in [6.45, 7) is 34.1. The summed E-state index contributed by atoms with van der Waals surface area (Å²) in [5, 5.41) is 0. The average molecular weight is 815 g/mol. The van der Waals surface area contributed by atoms with Crippen LogP contribution in [0, 0.1) is 13.8 Å². The second-order valence-corrected chi connectivity index (χ2v) is 24.2. The lowest BCUT2D eigenvalue weighted by atomic mass is 9.73. The zero-order chi connectivity index (χ0) is 43.8. The van der Waals surface area contributed by atoms with Gasteiger partial charge in [-0.1, -0.05) is 144 Å². The summed E-state index contributed by atoms with van der Waals surface area (Å²) >= 11 is 0. The van der Waals surface area contributed by atoms with Crippen molar-refractivity contribution < 1.29 is 0 Å². The lowest BCUT2D eigenvalue weighted by molar-refractivity contribution is 0.402. The molecule has 62 heavy (non-hydrogen) atoms. The van der Waals surface area contributed by atoms with E-state index in [1.807, 2.05) is 0 Å². The Morgan fingerprint density at radius 3 is 1.50 bits per heavy atom. The van der Waals surface area contributed by atoms with Crippen molar-refractivity contribution in [2.75, 3.05) is 9.80 Å². The van der Waals surface area contributed by atoms with Crippen molar-refractivity contribution in [1.29, 1.82) is 0 Å². The summed E-state index contributed by atoms with van der Waals surface area (Å²) in [5.74, 6) is 0.0719. The first-order valence-electron chi connectivity index (χ1n) is 23.4. The van der Waals surface area contributed by atoms with Crippen LogP contribution in [0.15, 0.2) is 103 Å². The Morgan fingerprint density at radius 2 is 0.887 bits per heavy atom. The third-order valence-electron chi connectivity index (χ3n) is 16.3. The summed E-state index contributed by atoms with van der Waals surface area (Å²) in [4.78, 5) is 5.36. The molecule has 2 heteroatoms. The first-order valence-corrected chi connectivity index (χ1v) is 23.4. The molecule has 0 amide bonds. The Morgan fingerprint density at radius 1 is 0.387 bits per heavy atom. The fourth-order valence-electron chi connectivity index (χ4n) is 14.4. The minimum absolute atomic E-state index is 0.0678. The van der Waals surface area contributed by atoms with Gasteiger partial charge in [0, 0.05) is 22.9 Å². The zero-order valence-electron chi connectivity index (χ0n) is 39.9. The Bertz CT molecular complexity index is 2910. The van der Waals surface area contributed by atoms with Gasteiger partial charge in [-0.25, -0.2) is 0 Å². The van der Waals surface area contributed by atoms with Crippen LogP contribution >= 0.6 is 0 Å². The van der Waals surface area contributed by atoms with Gasteiger partial charge < -0.3 is 9.80 Å². The molecule has 5 aliphatic rings. The molecule has 3 aliphatic carbocycles. The summed E-state index contributed by atoms with van der Waals surface area (Å²) in [6.07, 6.45) is 3.43. The summed E-state index contributed by atoms with van der Waals surface area (Å²) < 4.78 is 0. The second-order valence-electron chi connectivity index (χ2n) is 24.2. The average Bonchev–Trinajstić information content (AvgIpc) is 3.59. The molecule has 2 nitrogen and oxygen atoms in total. The minimum atomic E-state index is 0.0678. The molecule has 2 heterocycles. The van der Waals surface area contributed by atoms with Gasteiger partial charge in [-0.3, -0.25) is 0 Å². The molecule has 2 aliphatic heterocycles. The monoisotopic (exact) mass is 815 g/mol. The molecule has 0 N–H and O–H groups in total. The molecule has 0 fully saturated rings. The molecule has 0 aromatic heterocycles. The fraction of sp³-hybridized carbons (Fsp3) is 0.400. The molecular formula is C60H66N2. The fourth-order valence-corrected chi connectivity index (χ4v) is 14.4. The number of benzene rings is 6. The number of hydrogen-bond donors (Lipinski definition) is 0. The van der Waals surface area contributed by atoms with E-state index in [0.717, 1.165) is 19.3 Å². The number of nitrogens with zero attached hydrogens (tertiary/aromatic N) is 2. The van der Waals surface area contributed by atoms with Gasteiger partial charge >= 0.3 is 0 Å². The predicted octanol–water partition coefficient (Wildman–Crippen LogP) is 16.6. The van der Waals surface area contributed by atoms with Crippen LogP contribution in [-0.4, -0.2) is 0 Å². The lowest BCUT2D eigenvalue weighted by Crippen LogP contribution is -2.30. The molecule has 1 atom stereocenters. The van der Waals surface area contributed by atoms with Crippen LogP contribution in [0.3, 0.4) is 0 Å². The number of fused-ring (bicyclic) bond motifs is 7. The highest BCUT2D eigenvalue weighted by atomic mass is 15.2. The van der Waals surface area contributed by atoms with E-state index >= 15 is 0 Å². The van der Waals surface area contributed by atoms with E-state index in [2.05, 4.69) is 210 Å². The van der Waals surface area contributed by atoms with Crippen molar-refractivity contribution in [3.05, 3.63) is 164 Å². The first-order chi connectivity index (χ1) is 29.0. The van der Waals surface area contributed by atoms with E-state index < -0.39 is 0 Å². The van der Waals surface area contributed by atoms with E-state index in [9.17, 15) is 0 Å². The van der Waals surface area contributed by atoms with E-state index in [-0.39, 0.29) is 38.4 Å². The maximum Gasteiger partial charge on any atom is 0.0527 e. The van der Waals surface area contributed by atoms with Gasteiger partial charge in [0.05, 0.1) is 22.7 Å². The summed E-state index contributed by atoms with van der Waals surface area (Å²) in [6, 6.07) is 41.3. The van der Waals surface area contributed by atoms with Crippen molar-refractivity contribution >= 4 is 34.1 Å². The van der Waals surface area contributed by atoms with Crippen molar-refractivity contribution in [2.24, 2.45) is 0 Å². The Kier molecular flexibility index (Phi) is 7.91. The van der Waals surface area contributed by atoms with Crippen LogP contribution in [-0.2, 0) is 32.5 Å². The number of anilines is 6. The topological polar surface area (TPSA) is 6.48 Å². The Balaban J connectivity index is 1.25. The van der Waals surface area contributed by atoms with Gasteiger partial charge in [0.1, 0.15) is 0 Å². The van der Waals surface area contributed by atoms with Gasteiger partial charge in [0.2, 0.25) is 0 Å². The first kappa shape index (κ1) is 39.7. The highest BCUT2D eigenvalue weighted by Crippen LogP contribution is 2.64. The molecule has 6 aromatic carbocycles. The number of hydrogen-bond acceptors (Lipinski definition) is 2. The summed E-state index contributed by atoms with van der Waals surface area (Å²) in [7, 11) is 0. The van der Waals surface area contributed by atoms with E-state index in [0.29, 0.717) is 0 Å². The van der Waals surface area contributed by atoms with Crippen LogP contribution < -0.4 is 9.80 Å². The zero-order valence-corrected chi connectivity index (χ0v) is 39.9. The van der Waals surface area contributed by atoms with Crippen LogP contribution in [0.5, 0.6) is 0 Å². The van der Waals surface area contributed by atoms with Crippen LogP contribution in [0.1, 0.15) is 169 Å². The SMILES string of the molecule is Cc1cc2c3c(c1)N(c1cc4c(cc1C)C(C)(C)CC4(C)C)c1cc4c(cc1C3c1ccc(-c3ccccc3)cc1N2c1ccc2c(c1)C(C)(C)CC2(C)C)C(C)(C)CC4(C)C. The van der Waals surface area contributed by atoms with E-state index in [4.69, 9.17) is 0 Å². The van der Waals surface area contributed by atoms with Crippen LogP contribution in [0.4, 0.5) is 34.1 Å². The molecule has 11 rings (SSSR count). The minimum Gasteiger partial charge on any atom is -0.310 e. The van der Waals surface area contributed by atoms with Crippen LogP contribution in [0.25, 0.3) is 11.1 Å². The molecule has 6 aromatic rings. The molecule has 0 bridgehead atoms. The number of rotatable bonds is 3. The van der Waals surface area contributed by atoms with Gasteiger partial charge in [-0.15, -0.1) is 0 Å². The molecule has 0 spiro atoms. The molecule has 316 valence electrons. The van der Waals surface area contributed by atoms with Gasteiger partial charge in [-0.05, 0) is 175 Å². The second kappa shape index (κ2) is 12.3. The quantitative estimate of drug-likeness (QED) is 0.175. The maximum absolute atomic E-state index is 2.71. The standard InChI is InChI=1S/C60H66N2/c1-35-24-51-54-52(25-35)62(48-30-46-43(26-36(48)2)56(5,6)33-59(46,11)12)50-31-47-45(58(9,10)34-60(47,13)14)29-41(50)53(54)40-22-20-38(37-18-16-15-17-19-37)27-49(40)61(51)39-21-23-42-44(28-39)57(7,8)32-55(42,3)4/h15-31,53H,32-34H2,1-14H3. The van der Waals surface area contributed by atoms with Crippen molar-refractivity contribution in [1.82, 2.24) is 0 Å². The van der Waals surface area contributed by atoms with Crippen molar-refractivity contribution in [2.45, 2.75) is 155 Å². The Labute approximate surface area is 372 Å². The molecular weight excluding hydrogens is 749 g/mol. The largest absolute Gasteiger partial charge is 0.310 e. The normalized spacial score (nSPS) is 21.7. The molecule has 0 saturated heterocycles. The molecule has 1 unspecified atom stereocenters. The maximum atomic E-state index is 2.71.